The summed E-state index contributed by atoms with van der Waals surface area (Å²) in [6.45, 7) is 7.25. The number of hydrogen-bond acceptors (Lipinski definition) is 14. The SMILES string of the molecule is CO/N=C(\C(=O)N[C@@H]1C(=O)N2C(C(=O)OC(C)OC(=O)C(C)(C)C)=C(COC(C)=O)CS[C@H]12)c1csc(N)n1. The maximum Gasteiger partial charge on any atom is 0.358 e. The van der Waals surface area contributed by atoms with Gasteiger partial charge in [-0.1, -0.05) is 5.16 Å². The van der Waals surface area contributed by atoms with E-state index in [0.717, 1.165) is 16.2 Å². The first kappa shape index (κ1) is 29.9. The van der Waals surface area contributed by atoms with Crippen molar-refractivity contribution in [2.45, 2.75) is 52.3 Å². The quantitative estimate of drug-likeness (QED) is 0.137. The maximum atomic E-state index is 13.2. The second-order valence-electron chi connectivity index (χ2n) is 9.42. The van der Waals surface area contributed by atoms with E-state index in [-0.39, 0.29) is 34.6 Å². The van der Waals surface area contributed by atoms with Crippen LogP contribution in [0.4, 0.5) is 5.13 Å². The molecule has 1 aromatic rings. The third-order valence-corrected chi connectivity index (χ3v) is 7.31. The first-order chi connectivity index (χ1) is 18.2. The van der Waals surface area contributed by atoms with Crippen LogP contribution in [-0.4, -0.2) is 82.5 Å². The molecule has 0 radical (unpaired) electrons. The Hall–Kier alpha value is -3.66. The molecule has 3 rings (SSSR count). The number of anilines is 1. The minimum atomic E-state index is -1.26. The van der Waals surface area contributed by atoms with E-state index < -0.39 is 52.8 Å². The van der Waals surface area contributed by atoms with Crippen LogP contribution < -0.4 is 11.1 Å². The number of carbonyl (C=O) groups excluding carboxylic acids is 5. The smallest absolute Gasteiger partial charge is 0.358 e. The summed E-state index contributed by atoms with van der Waals surface area (Å²) < 4.78 is 15.6. The number of esters is 3. The van der Waals surface area contributed by atoms with Gasteiger partial charge in [-0.15, -0.1) is 23.1 Å². The molecule has 0 spiro atoms. The Morgan fingerprint density at radius 3 is 2.54 bits per heavy atom. The van der Waals surface area contributed by atoms with Crippen molar-refractivity contribution >= 4 is 63.7 Å². The first-order valence-electron chi connectivity index (χ1n) is 11.6. The zero-order valence-electron chi connectivity index (χ0n) is 22.1. The Balaban J connectivity index is 1.80. The molecule has 0 aliphatic carbocycles. The van der Waals surface area contributed by atoms with E-state index in [0.29, 0.717) is 5.57 Å². The van der Waals surface area contributed by atoms with Crippen molar-refractivity contribution < 1.29 is 43.0 Å². The Morgan fingerprint density at radius 1 is 1.28 bits per heavy atom. The fourth-order valence-corrected chi connectivity index (χ4v) is 5.31. The predicted molar refractivity (Wildman–Crippen MR) is 140 cm³/mol. The van der Waals surface area contributed by atoms with Crippen LogP contribution in [0.1, 0.15) is 40.3 Å². The molecule has 14 nitrogen and oxygen atoms in total. The number of thioether (sulfide) groups is 1. The van der Waals surface area contributed by atoms with Gasteiger partial charge in [0, 0.05) is 30.6 Å². The molecule has 39 heavy (non-hydrogen) atoms. The van der Waals surface area contributed by atoms with Gasteiger partial charge in [0.2, 0.25) is 6.29 Å². The molecule has 1 fully saturated rings. The highest BCUT2D eigenvalue weighted by Gasteiger charge is 2.55. The van der Waals surface area contributed by atoms with Gasteiger partial charge in [-0.05, 0) is 20.8 Å². The van der Waals surface area contributed by atoms with Crippen LogP contribution in [0.3, 0.4) is 0 Å². The molecule has 1 saturated heterocycles. The van der Waals surface area contributed by atoms with Gasteiger partial charge in [-0.3, -0.25) is 24.1 Å². The molecule has 3 N–H and O–H groups in total. The monoisotopic (exact) mass is 583 g/mol. The average molecular weight is 584 g/mol. The number of nitrogens with two attached hydrogens (primary N) is 1. The third-order valence-electron chi connectivity index (χ3n) is 5.30. The number of nitrogens with zero attached hydrogens (tertiary/aromatic N) is 3. The lowest BCUT2D eigenvalue weighted by molar-refractivity contribution is -0.190. The number of nitrogen functional groups attached to an aromatic ring is 1. The molecular formula is C23H29N5O9S2. The van der Waals surface area contributed by atoms with Crippen LogP contribution >= 0.6 is 23.1 Å². The number of thiazole rings is 1. The van der Waals surface area contributed by atoms with E-state index in [9.17, 15) is 24.0 Å². The molecule has 212 valence electrons. The highest BCUT2D eigenvalue weighted by Crippen LogP contribution is 2.41. The highest BCUT2D eigenvalue weighted by molar-refractivity contribution is 8.00. The van der Waals surface area contributed by atoms with Crippen LogP contribution in [-0.2, 0) is 43.0 Å². The number of rotatable bonds is 9. The second kappa shape index (κ2) is 12.0. The molecule has 2 aliphatic rings. The number of amides is 2. The predicted octanol–water partition coefficient (Wildman–Crippen LogP) is 0.771. The molecular weight excluding hydrogens is 554 g/mol. The van der Waals surface area contributed by atoms with Crippen LogP contribution in [0.15, 0.2) is 21.8 Å². The fourth-order valence-electron chi connectivity index (χ4n) is 3.43. The number of oxime groups is 1. The Morgan fingerprint density at radius 2 is 1.97 bits per heavy atom. The second-order valence-corrected chi connectivity index (χ2v) is 11.4. The normalized spacial score (nSPS) is 19.9. The lowest BCUT2D eigenvalue weighted by Gasteiger charge is -2.49. The maximum absolute atomic E-state index is 13.2. The number of aromatic nitrogens is 1. The van der Waals surface area contributed by atoms with E-state index in [1.54, 1.807) is 20.8 Å². The van der Waals surface area contributed by atoms with E-state index >= 15 is 0 Å². The summed E-state index contributed by atoms with van der Waals surface area (Å²) in [6.07, 6.45) is -1.26. The summed E-state index contributed by atoms with van der Waals surface area (Å²) in [5.74, 6) is -3.27. The van der Waals surface area contributed by atoms with Gasteiger partial charge in [0.1, 0.15) is 36.5 Å². The summed E-state index contributed by atoms with van der Waals surface area (Å²) in [5.41, 5.74) is 4.98. The summed E-state index contributed by atoms with van der Waals surface area (Å²) in [6, 6.07) is -1.02. The van der Waals surface area contributed by atoms with E-state index in [1.165, 1.54) is 38.1 Å². The van der Waals surface area contributed by atoms with Crippen molar-refractivity contribution in [2.24, 2.45) is 10.6 Å². The van der Waals surface area contributed by atoms with E-state index in [1.807, 2.05) is 0 Å². The van der Waals surface area contributed by atoms with Gasteiger partial charge in [-0.2, -0.15) is 0 Å². The fraction of sp³-hybridized carbons (Fsp3) is 0.522. The van der Waals surface area contributed by atoms with Crippen LogP contribution in [0, 0.1) is 5.41 Å². The van der Waals surface area contributed by atoms with Crippen molar-refractivity contribution in [3.63, 3.8) is 0 Å². The number of fused-ring (bicyclic) bond motifs is 1. The largest absolute Gasteiger partial charge is 0.461 e. The molecule has 3 atom stereocenters. The Kier molecular flexibility index (Phi) is 9.22. The van der Waals surface area contributed by atoms with Gasteiger partial charge in [0.15, 0.2) is 10.8 Å². The number of carbonyl (C=O) groups is 5. The molecule has 1 aromatic heterocycles. The number of β-lactam (4-membered cyclic amide) rings is 1. The number of ether oxygens (including phenoxy) is 3. The lowest BCUT2D eigenvalue weighted by atomic mass is 9.97. The van der Waals surface area contributed by atoms with Crippen molar-refractivity contribution in [3.8, 4) is 0 Å². The molecule has 0 aromatic carbocycles. The molecule has 0 saturated carbocycles. The molecule has 16 heteroatoms. The minimum absolute atomic E-state index is 0.146. The number of hydrogen-bond donors (Lipinski definition) is 2. The van der Waals surface area contributed by atoms with E-state index in [2.05, 4.69) is 15.5 Å². The highest BCUT2D eigenvalue weighted by atomic mass is 32.2. The van der Waals surface area contributed by atoms with Crippen molar-refractivity contribution in [3.05, 3.63) is 22.3 Å². The first-order valence-corrected chi connectivity index (χ1v) is 13.5. The lowest BCUT2D eigenvalue weighted by Crippen LogP contribution is -2.71. The van der Waals surface area contributed by atoms with Gasteiger partial charge in [0.25, 0.3) is 11.8 Å². The Labute approximate surface area is 232 Å². The van der Waals surface area contributed by atoms with Crippen LogP contribution in [0.5, 0.6) is 0 Å². The van der Waals surface area contributed by atoms with Gasteiger partial charge in [-0.25, -0.2) is 9.78 Å². The van der Waals surface area contributed by atoms with E-state index in [4.69, 9.17) is 24.8 Å². The van der Waals surface area contributed by atoms with Crippen LogP contribution in [0.25, 0.3) is 0 Å². The van der Waals surface area contributed by atoms with Gasteiger partial charge < -0.3 is 30.1 Å². The number of nitrogens with one attached hydrogen (secondary N) is 1. The molecule has 1 unspecified atom stereocenters. The molecule has 2 amide bonds. The molecule has 0 bridgehead atoms. The van der Waals surface area contributed by atoms with Crippen molar-refractivity contribution in [1.29, 1.82) is 0 Å². The zero-order chi connectivity index (χ0) is 29.1. The molecule has 2 aliphatic heterocycles. The topological polar surface area (TPSA) is 189 Å². The average Bonchev–Trinajstić information content (AvgIpc) is 3.28. The summed E-state index contributed by atoms with van der Waals surface area (Å²) in [4.78, 5) is 72.9. The third kappa shape index (κ3) is 6.86. The van der Waals surface area contributed by atoms with Gasteiger partial charge >= 0.3 is 17.9 Å². The molecule has 3 heterocycles. The summed E-state index contributed by atoms with van der Waals surface area (Å²) in [5, 5.41) is 7.36. The van der Waals surface area contributed by atoms with Gasteiger partial charge in [0.05, 0.1) is 5.41 Å². The van der Waals surface area contributed by atoms with Crippen molar-refractivity contribution in [1.82, 2.24) is 15.2 Å². The van der Waals surface area contributed by atoms with Crippen LogP contribution in [0.2, 0.25) is 0 Å². The minimum Gasteiger partial charge on any atom is -0.461 e. The summed E-state index contributed by atoms with van der Waals surface area (Å²) in [7, 11) is 1.25. The van der Waals surface area contributed by atoms with Crippen molar-refractivity contribution in [2.75, 3.05) is 25.2 Å². The standard InChI is InChI=1S/C23H29N5O9S2/c1-10(29)35-7-12-8-38-19-15(26-17(30)14(27-34-6)13-9-39-22(24)25-13)18(31)28(19)16(12)20(32)36-11(2)37-21(33)23(3,4)5/h9,11,15,19H,7-8H2,1-6H3,(H2,24,25)(H,26,30)/b27-14-/t11?,15-,19-/m1/s1. The Bertz CT molecular complexity index is 1240. The zero-order valence-corrected chi connectivity index (χ0v) is 23.8. The summed E-state index contributed by atoms with van der Waals surface area (Å²) >= 11 is 2.35.